The lowest BCUT2D eigenvalue weighted by molar-refractivity contribution is -0.130. The zero-order chi connectivity index (χ0) is 19.5. The molecule has 0 aliphatic carbocycles. The topological polar surface area (TPSA) is 56.7 Å². The van der Waals surface area contributed by atoms with Crippen LogP contribution in [0.15, 0.2) is 23.2 Å². The molecule has 0 bridgehead atoms. The van der Waals surface area contributed by atoms with E-state index in [1.807, 2.05) is 11.8 Å². The molecule has 0 aromatic heterocycles. The molecule has 1 aliphatic rings. The van der Waals surface area contributed by atoms with Crippen molar-refractivity contribution >= 4 is 11.9 Å². The second-order valence-corrected chi connectivity index (χ2v) is 6.72. The number of aliphatic imine (C=N–C) groups is 1. The van der Waals surface area contributed by atoms with E-state index >= 15 is 0 Å². The van der Waals surface area contributed by atoms with Crippen molar-refractivity contribution in [1.82, 2.24) is 15.5 Å². The van der Waals surface area contributed by atoms with E-state index in [1.165, 1.54) is 12.1 Å². The first-order chi connectivity index (χ1) is 13.1. The molecule has 1 amide bonds. The van der Waals surface area contributed by atoms with Gasteiger partial charge in [-0.05, 0) is 44.2 Å². The molecule has 2 rings (SSSR count). The number of benzene rings is 1. The lowest BCUT2D eigenvalue weighted by Crippen LogP contribution is -2.38. The van der Waals surface area contributed by atoms with E-state index in [0.29, 0.717) is 37.5 Å². The van der Waals surface area contributed by atoms with Gasteiger partial charge in [-0.3, -0.25) is 9.79 Å². The van der Waals surface area contributed by atoms with Gasteiger partial charge in [-0.2, -0.15) is 0 Å². The molecule has 1 aromatic rings. The summed E-state index contributed by atoms with van der Waals surface area (Å²) in [5, 5.41) is 6.32. The minimum Gasteiger partial charge on any atom is -0.357 e. The van der Waals surface area contributed by atoms with Crippen LogP contribution in [0.1, 0.15) is 44.6 Å². The quantitative estimate of drug-likeness (QED) is 0.414. The lowest BCUT2D eigenvalue weighted by atomic mass is 10.1. The first-order valence-electron chi connectivity index (χ1n) is 9.84. The third-order valence-electron chi connectivity index (χ3n) is 4.57. The van der Waals surface area contributed by atoms with Crippen molar-refractivity contribution in [2.45, 2.75) is 45.4 Å². The smallest absolute Gasteiger partial charge is 0.222 e. The van der Waals surface area contributed by atoms with Gasteiger partial charge in [0.15, 0.2) is 5.96 Å². The number of hydrogen-bond donors (Lipinski definition) is 2. The van der Waals surface area contributed by atoms with Crippen molar-refractivity contribution in [3.05, 3.63) is 35.4 Å². The number of likely N-dealkylation sites (tertiary alicyclic amines) is 1. The number of carbonyl (C=O) groups excluding carboxylic acids is 1. The summed E-state index contributed by atoms with van der Waals surface area (Å²) in [5.74, 6) is -0.173. The van der Waals surface area contributed by atoms with Gasteiger partial charge >= 0.3 is 0 Å². The van der Waals surface area contributed by atoms with E-state index in [-0.39, 0.29) is 5.91 Å². The van der Waals surface area contributed by atoms with Crippen molar-refractivity contribution < 1.29 is 13.6 Å². The third kappa shape index (κ3) is 7.53. The molecule has 1 heterocycles. The largest absolute Gasteiger partial charge is 0.357 e. The van der Waals surface area contributed by atoms with Gasteiger partial charge in [-0.1, -0.05) is 12.5 Å². The zero-order valence-corrected chi connectivity index (χ0v) is 16.1. The number of halogens is 2. The van der Waals surface area contributed by atoms with Crippen molar-refractivity contribution in [2.75, 3.05) is 32.7 Å². The van der Waals surface area contributed by atoms with Gasteiger partial charge in [0.05, 0.1) is 0 Å². The van der Waals surface area contributed by atoms with Crippen LogP contribution in [0.3, 0.4) is 0 Å². The van der Waals surface area contributed by atoms with E-state index in [9.17, 15) is 13.6 Å². The molecule has 150 valence electrons. The van der Waals surface area contributed by atoms with E-state index in [2.05, 4.69) is 15.6 Å². The summed E-state index contributed by atoms with van der Waals surface area (Å²) in [6.45, 7) is 5.41. The maximum atomic E-state index is 13.7. The fraction of sp³-hybridized carbons (Fsp3) is 0.600. The molecular formula is C20H30F2N4O. The van der Waals surface area contributed by atoms with Gasteiger partial charge in [0.1, 0.15) is 11.6 Å². The Morgan fingerprint density at radius 3 is 2.85 bits per heavy atom. The Balaban J connectivity index is 1.75. The Morgan fingerprint density at radius 2 is 2.07 bits per heavy atom. The number of carbonyl (C=O) groups is 1. The van der Waals surface area contributed by atoms with Crippen LogP contribution in [0.4, 0.5) is 8.78 Å². The van der Waals surface area contributed by atoms with Crippen molar-refractivity contribution in [3.63, 3.8) is 0 Å². The average molecular weight is 380 g/mol. The molecule has 5 nitrogen and oxygen atoms in total. The van der Waals surface area contributed by atoms with Gasteiger partial charge in [0, 0.05) is 45.2 Å². The fourth-order valence-electron chi connectivity index (χ4n) is 3.11. The molecule has 2 N–H and O–H groups in total. The molecule has 7 heteroatoms. The summed E-state index contributed by atoms with van der Waals surface area (Å²) < 4.78 is 26.6. The Kier molecular flexibility index (Phi) is 9.01. The first-order valence-corrected chi connectivity index (χ1v) is 9.84. The van der Waals surface area contributed by atoms with Crippen LogP contribution < -0.4 is 10.6 Å². The Hall–Kier alpha value is -2.18. The summed E-state index contributed by atoms with van der Waals surface area (Å²) in [7, 11) is 0. The van der Waals surface area contributed by atoms with Gasteiger partial charge in [0.25, 0.3) is 0 Å². The summed E-state index contributed by atoms with van der Waals surface area (Å²) in [5.41, 5.74) is 0.472. The summed E-state index contributed by atoms with van der Waals surface area (Å²) in [4.78, 5) is 18.4. The summed E-state index contributed by atoms with van der Waals surface area (Å²) >= 11 is 0. The van der Waals surface area contributed by atoms with Gasteiger partial charge in [-0.15, -0.1) is 0 Å². The Bertz CT molecular complexity index is 636. The Labute approximate surface area is 160 Å². The SMILES string of the molecule is CCNC(=NCCCN1CCCCCC1=O)NCCc1ccc(F)cc1F. The van der Waals surface area contributed by atoms with Crippen LogP contribution in [0.5, 0.6) is 0 Å². The highest BCUT2D eigenvalue weighted by atomic mass is 19.1. The molecule has 0 unspecified atom stereocenters. The van der Waals surface area contributed by atoms with Crippen LogP contribution in [-0.2, 0) is 11.2 Å². The van der Waals surface area contributed by atoms with E-state index < -0.39 is 11.6 Å². The number of rotatable bonds is 8. The molecule has 1 saturated heterocycles. The van der Waals surface area contributed by atoms with Crippen LogP contribution in [-0.4, -0.2) is 49.5 Å². The zero-order valence-electron chi connectivity index (χ0n) is 16.1. The number of nitrogens with one attached hydrogen (secondary N) is 2. The second kappa shape index (κ2) is 11.5. The third-order valence-corrected chi connectivity index (χ3v) is 4.57. The molecule has 0 spiro atoms. The van der Waals surface area contributed by atoms with Crippen molar-refractivity contribution in [2.24, 2.45) is 4.99 Å². The standard InChI is InChI=1S/C20H30F2N4O/c1-2-23-20(25-12-10-16-8-9-17(21)15-18(16)22)24-11-6-14-26-13-5-3-4-7-19(26)27/h8-9,15H,2-7,10-14H2,1H3,(H2,23,24,25). The van der Waals surface area contributed by atoms with Gasteiger partial charge in [0.2, 0.25) is 5.91 Å². The fourth-order valence-corrected chi connectivity index (χ4v) is 3.11. The van der Waals surface area contributed by atoms with Crippen LogP contribution in [0, 0.1) is 11.6 Å². The van der Waals surface area contributed by atoms with E-state index in [1.54, 1.807) is 0 Å². The lowest BCUT2D eigenvalue weighted by Gasteiger charge is -2.20. The molecule has 1 aliphatic heterocycles. The highest BCUT2D eigenvalue weighted by molar-refractivity contribution is 5.79. The van der Waals surface area contributed by atoms with Crippen LogP contribution >= 0.6 is 0 Å². The number of guanidine groups is 1. The predicted molar refractivity (Wildman–Crippen MR) is 104 cm³/mol. The molecule has 0 saturated carbocycles. The minimum absolute atomic E-state index is 0.253. The highest BCUT2D eigenvalue weighted by Crippen LogP contribution is 2.11. The van der Waals surface area contributed by atoms with Crippen LogP contribution in [0.25, 0.3) is 0 Å². The second-order valence-electron chi connectivity index (χ2n) is 6.72. The van der Waals surface area contributed by atoms with Gasteiger partial charge < -0.3 is 15.5 Å². The van der Waals surface area contributed by atoms with Crippen LogP contribution in [0.2, 0.25) is 0 Å². The monoisotopic (exact) mass is 380 g/mol. The first kappa shape index (κ1) is 21.1. The normalized spacial score (nSPS) is 15.6. The van der Waals surface area contributed by atoms with E-state index in [4.69, 9.17) is 0 Å². The number of hydrogen-bond acceptors (Lipinski definition) is 2. The predicted octanol–water partition coefficient (Wildman–Crippen LogP) is 2.86. The molecule has 1 aromatic carbocycles. The minimum atomic E-state index is -0.568. The van der Waals surface area contributed by atoms with Crippen molar-refractivity contribution in [1.29, 1.82) is 0 Å². The molecule has 0 atom stereocenters. The number of nitrogens with zero attached hydrogens (tertiary/aromatic N) is 2. The highest BCUT2D eigenvalue weighted by Gasteiger charge is 2.15. The summed E-state index contributed by atoms with van der Waals surface area (Å²) in [6.07, 6.45) is 5.13. The molecule has 27 heavy (non-hydrogen) atoms. The van der Waals surface area contributed by atoms with E-state index in [0.717, 1.165) is 51.4 Å². The average Bonchev–Trinajstić information content (AvgIpc) is 2.84. The maximum absolute atomic E-state index is 13.7. The maximum Gasteiger partial charge on any atom is 0.222 e. The molecule has 0 radical (unpaired) electrons. The molecule has 1 fully saturated rings. The summed E-state index contributed by atoms with van der Waals surface area (Å²) in [6, 6.07) is 3.63. The van der Waals surface area contributed by atoms with Gasteiger partial charge in [-0.25, -0.2) is 8.78 Å². The number of amides is 1. The Morgan fingerprint density at radius 1 is 1.22 bits per heavy atom. The van der Waals surface area contributed by atoms with Crippen molar-refractivity contribution in [3.8, 4) is 0 Å². The molecular weight excluding hydrogens is 350 g/mol.